The lowest BCUT2D eigenvalue weighted by molar-refractivity contribution is 0.525. The van der Waals surface area contributed by atoms with Gasteiger partial charge in [-0.15, -0.1) is 0 Å². The smallest absolute Gasteiger partial charge is 0.197 e. The minimum absolute atomic E-state index is 0.631. The molecule has 0 fully saturated rings. The van der Waals surface area contributed by atoms with E-state index in [1.165, 1.54) is 0 Å². The number of aryl methyl sites for hydroxylation is 2. The largest absolute Gasteiger partial charge is 0.458 e. The summed E-state index contributed by atoms with van der Waals surface area (Å²) in [5.74, 6) is 3.14. The van der Waals surface area contributed by atoms with Crippen LogP contribution in [0.15, 0.2) is 16.5 Å². The highest BCUT2D eigenvalue weighted by Gasteiger charge is 2.12. The first kappa shape index (κ1) is 12.3. The summed E-state index contributed by atoms with van der Waals surface area (Å²) in [7, 11) is 1.85. The Hall–Kier alpha value is -1.11. The zero-order chi connectivity index (χ0) is 12.4. The molecule has 0 aliphatic rings. The molecule has 0 saturated heterocycles. The summed E-state index contributed by atoms with van der Waals surface area (Å²) in [4.78, 5) is 8.89. The average Bonchev–Trinajstić information content (AvgIpc) is 2.81. The second-order valence-electron chi connectivity index (χ2n) is 3.66. The fourth-order valence-corrected chi connectivity index (χ4v) is 2.03. The van der Waals surface area contributed by atoms with Gasteiger partial charge < -0.3 is 9.73 Å². The van der Waals surface area contributed by atoms with Crippen LogP contribution in [0.1, 0.15) is 18.4 Å². The lowest BCUT2D eigenvalue weighted by atomic mass is 10.3. The fraction of sp³-hybridized carbons (Fsp3) is 0.333. The van der Waals surface area contributed by atoms with Crippen LogP contribution < -0.4 is 5.32 Å². The molecule has 0 aliphatic heterocycles. The van der Waals surface area contributed by atoms with Crippen LogP contribution in [0.3, 0.4) is 0 Å². The molecule has 1 N–H and O–H groups in total. The normalized spacial score (nSPS) is 10.6. The number of anilines is 1. The van der Waals surface area contributed by atoms with Crippen LogP contribution in [0.25, 0.3) is 11.6 Å². The quantitative estimate of drug-likeness (QED) is 0.870. The van der Waals surface area contributed by atoms with Crippen molar-refractivity contribution in [3.05, 3.63) is 27.2 Å². The van der Waals surface area contributed by atoms with Gasteiger partial charge in [0, 0.05) is 13.5 Å². The molecule has 0 aromatic carbocycles. The summed E-state index contributed by atoms with van der Waals surface area (Å²) < 4.78 is 6.70. The molecule has 0 unspecified atom stereocenters. The molecule has 2 heterocycles. The number of nitrogens with one attached hydrogen (secondary N) is 1. The maximum Gasteiger partial charge on any atom is 0.197 e. The number of furan rings is 1. The lowest BCUT2D eigenvalue weighted by Crippen LogP contribution is -2.02. The molecule has 0 spiro atoms. The lowest BCUT2D eigenvalue weighted by Gasteiger charge is -2.06. The molecule has 0 atom stereocenters. The minimum atomic E-state index is 0.631. The summed E-state index contributed by atoms with van der Waals surface area (Å²) in [5.41, 5.74) is 0.953. The summed E-state index contributed by atoms with van der Waals surface area (Å²) in [6.45, 7) is 4.03. The molecule has 0 aliphatic carbocycles. The Morgan fingerprint density at radius 1 is 1.35 bits per heavy atom. The van der Waals surface area contributed by atoms with Gasteiger partial charge in [-0.25, -0.2) is 9.97 Å². The van der Waals surface area contributed by atoms with Crippen LogP contribution in [0.2, 0.25) is 0 Å². The summed E-state index contributed by atoms with van der Waals surface area (Å²) in [6.07, 6.45) is 0.877. The second kappa shape index (κ2) is 5.03. The number of hydrogen-bond donors (Lipinski definition) is 1. The van der Waals surface area contributed by atoms with Crippen LogP contribution in [0, 0.1) is 10.5 Å². The van der Waals surface area contributed by atoms with Gasteiger partial charge in [0.1, 0.15) is 11.6 Å². The fourth-order valence-electron chi connectivity index (χ4n) is 1.52. The molecule has 2 aromatic heterocycles. The standard InChI is InChI=1S/C12H14IN3O/c1-4-8-5-6-9(17-8)11-15-7(2)10(13)12(14-3)16-11/h5-6H,4H2,1-3H3,(H,14,15,16). The highest BCUT2D eigenvalue weighted by Crippen LogP contribution is 2.24. The predicted octanol–water partition coefficient (Wildman–Crippen LogP) is 3.25. The van der Waals surface area contributed by atoms with Gasteiger partial charge in [-0.3, -0.25) is 0 Å². The van der Waals surface area contributed by atoms with Gasteiger partial charge in [0.05, 0.1) is 9.26 Å². The Morgan fingerprint density at radius 3 is 2.71 bits per heavy atom. The number of aromatic nitrogens is 2. The van der Waals surface area contributed by atoms with E-state index in [1.54, 1.807) is 0 Å². The SMILES string of the molecule is CCc1ccc(-c2nc(C)c(I)c(NC)n2)o1. The van der Waals surface area contributed by atoms with Crippen LogP contribution >= 0.6 is 22.6 Å². The molecule has 0 amide bonds. The van der Waals surface area contributed by atoms with E-state index in [1.807, 2.05) is 26.1 Å². The number of rotatable bonds is 3. The van der Waals surface area contributed by atoms with Gasteiger partial charge in [0.25, 0.3) is 0 Å². The first-order valence-electron chi connectivity index (χ1n) is 5.46. The third kappa shape index (κ3) is 2.43. The van der Waals surface area contributed by atoms with Gasteiger partial charge in [-0.2, -0.15) is 0 Å². The van der Waals surface area contributed by atoms with Crippen molar-refractivity contribution in [2.24, 2.45) is 0 Å². The first-order chi connectivity index (χ1) is 8.15. The summed E-state index contributed by atoms with van der Waals surface area (Å²) in [6, 6.07) is 3.88. The molecule has 0 saturated carbocycles. The van der Waals surface area contributed by atoms with Gasteiger partial charge in [0.2, 0.25) is 0 Å². The van der Waals surface area contributed by atoms with E-state index in [-0.39, 0.29) is 0 Å². The van der Waals surface area contributed by atoms with Gasteiger partial charge in [-0.05, 0) is 41.6 Å². The van der Waals surface area contributed by atoms with E-state index >= 15 is 0 Å². The first-order valence-corrected chi connectivity index (χ1v) is 6.54. The summed E-state index contributed by atoms with van der Waals surface area (Å²) in [5, 5.41) is 3.07. The Kier molecular flexibility index (Phi) is 3.66. The Bertz CT molecular complexity index is 537. The zero-order valence-corrected chi connectivity index (χ0v) is 12.2. The zero-order valence-electron chi connectivity index (χ0n) is 10.0. The van der Waals surface area contributed by atoms with Crippen molar-refractivity contribution in [1.29, 1.82) is 0 Å². The second-order valence-corrected chi connectivity index (χ2v) is 4.74. The maximum atomic E-state index is 5.66. The van der Waals surface area contributed by atoms with Crippen molar-refractivity contribution < 1.29 is 4.42 Å². The Morgan fingerprint density at radius 2 is 2.12 bits per heavy atom. The van der Waals surface area contributed by atoms with E-state index in [4.69, 9.17) is 4.42 Å². The van der Waals surface area contributed by atoms with E-state index in [0.29, 0.717) is 5.82 Å². The molecular formula is C12H14IN3O. The third-order valence-corrected chi connectivity index (χ3v) is 3.78. The van der Waals surface area contributed by atoms with Crippen molar-refractivity contribution in [2.75, 3.05) is 12.4 Å². The number of halogens is 1. The van der Waals surface area contributed by atoms with Gasteiger partial charge in [0.15, 0.2) is 11.6 Å². The molecule has 0 radical (unpaired) electrons. The van der Waals surface area contributed by atoms with Crippen LogP contribution in [-0.2, 0) is 6.42 Å². The molecule has 5 heteroatoms. The topological polar surface area (TPSA) is 51.0 Å². The number of nitrogens with zero attached hydrogens (tertiary/aromatic N) is 2. The van der Waals surface area contributed by atoms with Crippen molar-refractivity contribution in [2.45, 2.75) is 20.3 Å². The van der Waals surface area contributed by atoms with Crippen LogP contribution in [0.4, 0.5) is 5.82 Å². The molecule has 90 valence electrons. The predicted molar refractivity (Wildman–Crippen MR) is 76.1 cm³/mol. The molecule has 17 heavy (non-hydrogen) atoms. The molecule has 2 aromatic rings. The van der Waals surface area contributed by atoms with Gasteiger partial charge in [-0.1, -0.05) is 6.92 Å². The van der Waals surface area contributed by atoms with Crippen LogP contribution in [-0.4, -0.2) is 17.0 Å². The van der Waals surface area contributed by atoms with E-state index in [2.05, 4.69) is 44.8 Å². The minimum Gasteiger partial charge on any atom is -0.458 e. The highest BCUT2D eigenvalue weighted by atomic mass is 127. The van der Waals surface area contributed by atoms with E-state index in [0.717, 1.165) is 33.0 Å². The molecular weight excluding hydrogens is 329 g/mol. The van der Waals surface area contributed by atoms with Crippen LogP contribution in [0.5, 0.6) is 0 Å². The number of hydrogen-bond acceptors (Lipinski definition) is 4. The molecule has 4 nitrogen and oxygen atoms in total. The average molecular weight is 343 g/mol. The van der Waals surface area contributed by atoms with E-state index in [9.17, 15) is 0 Å². The van der Waals surface area contributed by atoms with E-state index < -0.39 is 0 Å². The monoisotopic (exact) mass is 343 g/mol. The Balaban J connectivity index is 2.48. The molecule has 0 bridgehead atoms. The van der Waals surface area contributed by atoms with Crippen molar-refractivity contribution in [3.8, 4) is 11.6 Å². The van der Waals surface area contributed by atoms with Crippen molar-refractivity contribution in [3.63, 3.8) is 0 Å². The summed E-state index contributed by atoms with van der Waals surface area (Å²) >= 11 is 2.24. The Labute approximate surface area is 114 Å². The third-order valence-electron chi connectivity index (χ3n) is 2.48. The van der Waals surface area contributed by atoms with Gasteiger partial charge >= 0.3 is 0 Å². The van der Waals surface area contributed by atoms with Crippen molar-refractivity contribution >= 4 is 28.4 Å². The highest BCUT2D eigenvalue weighted by molar-refractivity contribution is 14.1. The maximum absolute atomic E-state index is 5.66. The van der Waals surface area contributed by atoms with Crippen molar-refractivity contribution in [1.82, 2.24) is 9.97 Å². The molecule has 2 rings (SSSR count).